The molecule has 0 radical (unpaired) electrons. The number of hydrogen-bond donors (Lipinski definition) is 2. The number of rotatable bonds is 20. The number of halogens is 3. The van der Waals surface area contributed by atoms with E-state index in [1.165, 1.54) is 0 Å². The Labute approximate surface area is 308 Å². The molecule has 2 saturated carbocycles. The Bertz CT molecular complexity index is 1610. The van der Waals surface area contributed by atoms with Gasteiger partial charge in [0.05, 0.1) is 33.5 Å². The summed E-state index contributed by atoms with van der Waals surface area (Å²) in [5, 5.41) is 10.7. The number of aliphatic carboxylic acids is 1. The number of carboxylic acids is 1. The van der Waals surface area contributed by atoms with Crippen molar-refractivity contribution in [1.82, 2.24) is 4.90 Å². The van der Waals surface area contributed by atoms with Crippen molar-refractivity contribution in [2.75, 3.05) is 40.1 Å². The largest absolute Gasteiger partial charge is 0.492 e. The minimum atomic E-state index is -0.798. The average Bonchev–Trinajstić information content (AvgIpc) is 4.02. The van der Waals surface area contributed by atoms with Gasteiger partial charge in [-0.25, -0.2) is 0 Å². The fraction of sp³-hybridized carbons (Fsp3) is 0.474. The van der Waals surface area contributed by atoms with Gasteiger partial charge in [-0.3, -0.25) is 9.59 Å². The smallest absolute Gasteiger partial charge is 0.306 e. The van der Waals surface area contributed by atoms with Gasteiger partial charge < -0.3 is 34.7 Å². The highest BCUT2D eigenvalue weighted by Crippen LogP contribution is 2.41. The lowest BCUT2D eigenvalue weighted by Crippen LogP contribution is -2.41. The third-order valence-electron chi connectivity index (χ3n) is 9.07. The zero-order valence-corrected chi connectivity index (χ0v) is 30.7. The molecule has 3 aromatic carbocycles. The maximum Gasteiger partial charge on any atom is 0.306 e. The Morgan fingerprint density at radius 2 is 1.66 bits per heavy atom. The van der Waals surface area contributed by atoms with Crippen molar-refractivity contribution in [2.45, 2.75) is 58.0 Å². The predicted octanol–water partition coefficient (Wildman–Crippen LogP) is 7.40. The highest BCUT2D eigenvalue weighted by molar-refractivity contribution is 6.37. The van der Waals surface area contributed by atoms with E-state index < -0.39 is 11.9 Å². The van der Waals surface area contributed by atoms with E-state index in [1.807, 2.05) is 48.2 Å². The van der Waals surface area contributed by atoms with Crippen LogP contribution >= 0.6 is 34.8 Å². The van der Waals surface area contributed by atoms with Crippen molar-refractivity contribution >= 4 is 46.7 Å². The summed E-state index contributed by atoms with van der Waals surface area (Å²) in [6.45, 7) is 3.91. The molecule has 3 aromatic rings. The van der Waals surface area contributed by atoms with Crippen LogP contribution < -0.4 is 19.9 Å². The van der Waals surface area contributed by atoms with Crippen molar-refractivity contribution in [1.29, 1.82) is 0 Å². The fourth-order valence-electron chi connectivity index (χ4n) is 6.03. The van der Waals surface area contributed by atoms with Gasteiger partial charge in [0, 0.05) is 38.8 Å². The zero-order chi connectivity index (χ0) is 35.8. The molecule has 0 heterocycles. The number of methoxy groups -OCH3 is 1. The zero-order valence-electron chi connectivity index (χ0n) is 28.5. The van der Waals surface area contributed by atoms with Crippen LogP contribution in [0.2, 0.25) is 15.1 Å². The quantitative estimate of drug-likeness (QED) is 0.115. The van der Waals surface area contributed by atoms with Gasteiger partial charge in [0.25, 0.3) is 0 Å². The summed E-state index contributed by atoms with van der Waals surface area (Å²) in [6.07, 6.45) is 4.50. The monoisotopic (exact) mass is 746 g/mol. The molecule has 2 fully saturated rings. The lowest BCUT2D eigenvalue weighted by atomic mass is 9.97. The molecule has 3 atom stereocenters. The van der Waals surface area contributed by atoms with E-state index in [4.69, 9.17) is 59.5 Å². The van der Waals surface area contributed by atoms with Crippen molar-refractivity contribution in [3.05, 3.63) is 85.9 Å². The van der Waals surface area contributed by atoms with Crippen molar-refractivity contribution in [2.24, 2.45) is 23.5 Å². The third kappa shape index (κ3) is 10.4. The fourth-order valence-corrected chi connectivity index (χ4v) is 6.96. The molecular formula is C38H45Cl3N2O7. The standard InChI is InChI=1S/C38H45Cl3N2O7/c1-23-14-32(39)36(33(40)15-23)49-13-12-48-30-9-5-24(6-10-30)16-26(20-42)37(44)43(29-7-8-29)21-27-17-25(4-3-11-47-2)18-34(35(27)41)50-22-28-19-31(28)38(45)46/h5-6,9-10,14-15,17-18,26,28-29,31H,3-4,7-8,11-13,16,19-22,42H2,1-2H3,(H,45,46)/t26?,28-,31+/m0/s1. The minimum absolute atomic E-state index is 0.00787. The molecule has 1 unspecified atom stereocenters. The van der Waals surface area contributed by atoms with Gasteiger partial charge in [-0.2, -0.15) is 0 Å². The van der Waals surface area contributed by atoms with Crippen molar-refractivity contribution in [3.63, 3.8) is 0 Å². The van der Waals surface area contributed by atoms with Crippen molar-refractivity contribution < 1.29 is 33.6 Å². The molecule has 12 heteroatoms. The van der Waals surface area contributed by atoms with E-state index in [-0.39, 0.29) is 43.5 Å². The number of nitrogens with two attached hydrogens (primary N) is 1. The van der Waals surface area contributed by atoms with Crippen LogP contribution in [0.15, 0.2) is 48.5 Å². The molecule has 5 rings (SSSR count). The van der Waals surface area contributed by atoms with Gasteiger partial charge in [0.15, 0.2) is 5.75 Å². The molecule has 9 nitrogen and oxygen atoms in total. The first-order valence-electron chi connectivity index (χ1n) is 17.0. The SMILES string of the molecule is COCCCc1cc(CN(C(=O)C(CN)Cc2ccc(OCCOc3c(Cl)cc(C)cc3Cl)cc2)C2CC2)c(Cl)c(OC[C@@H]2C[C@H]2C(=O)O)c1. The van der Waals surface area contributed by atoms with Crippen molar-refractivity contribution in [3.8, 4) is 17.2 Å². The summed E-state index contributed by atoms with van der Waals surface area (Å²) in [7, 11) is 1.67. The van der Waals surface area contributed by atoms with E-state index in [0.29, 0.717) is 64.9 Å². The van der Waals surface area contributed by atoms with E-state index in [0.717, 1.165) is 47.9 Å². The second kappa shape index (κ2) is 17.8. The predicted molar refractivity (Wildman–Crippen MR) is 195 cm³/mol. The van der Waals surface area contributed by atoms with E-state index in [2.05, 4.69) is 0 Å². The first-order chi connectivity index (χ1) is 24.1. The molecular weight excluding hydrogens is 703 g/mol. The number of aryl methyl sites for hydroxylation is 2. The minimum Gasteiger partial charge on any atom is -0.492 e. The van der Waals surface area contributed by atoms with Gasteiger partial charge in [-0.15, -0.1) is 0 Å². The Morgan fingerprint density at radius 3 is 2.28 bits per heavy atom. The lowest BCUT2D eigenvalue weighted by Gasteiger charge is -2.28. The topological polar surface area (TPSA) is 121 Å². The number of hydrogen-bond acceptors (Lipinski definition) is 7. The second-order valence-electron chi connectivity index (χ2n) is 13.1. The molecule has 2 aliphatic carbocycles. The van der Waals surface area contributed by atoms with E-state index in [1.54, 1.807) is 19.2 Å². The van der Waals surface area contributed by atoms with E-state index >= 15 is 0 Å². The summed E-state index contributed by atoms with van der Waals surface area (Å²) in [4.78, 5) is 27.3. The van der Waals surface area contributed by atoms with E-state index in [9.17, 15) is 14.7 Å². The summed E-state index contributed by atoms with van der Waals surface area (Å²) < 4.78 is 22.9. The summed E-state index contributed by atoms with van der Waals surface area (Å²) in [5.74, 6) is 0.000849. The first-order valence-corrected chi connectivity index (χ1v) is 18.2. The maximum atomic E-state index is 14.0. The molecule has 0 aliphatic heterocycles. The van der Waals surface area contributed by atoms with Gasteiger partial charge in [0.1, 0.15) is 24.7 Å². The Morgan fingerprint density at radius 1 is 0.960 bits per heavy atom. The van der Waals surface area contributed by atoms with Crippen LogP contribution in [-0.2, 0) is 33.7 Å². The molecule has 0 bridgehead atoms. The Kier molecular flexibility index (Phi) is 13.6. The van der Waals surface area contributed by atoms with Crippen LogP contribution in [0.4, 0.5) is 0 Å². The number of benzene rings is 3. The summed E-state index contributed by atoms with van der Waals surface area (Å²) >= 11 is 19.4. The van der Waals surface area contributed by atoms with Gasteiger partial charge >= 0.3 is 5.97 Å². The van der Waals surface area contributed by atoms with Crippen LogP contribution in [0.1, 0.15) is 47.9 Å². The molecule has 270 valence electrons. The number of ether oxygens (including phenoxy) is 4. The molecule has 50 heavy (non-hydrogen) atoms. The van der Waals surface area contributed by atoms with Gasteiger partial charge in [-0.1, -0.05) is 53.0 Å². The van der Waals surface area contributed by atoms with Gasteiger partial charge in [0.2, 0.25) is 5.91 Å². The number of nitrogens with zero attached hydrogens (tertiary/aromatic N) is 1. The Hall–Kier alpha value is -3.21. The molecule has 0 saturated heterocycles. The highest BCUT2D eigenvalue weighted by Gasteiger charge is 2.44. The molecule has 2 aliphatic rings. The van der Waals surface area contributed by atoms with Crippen LogP contribution in [0.3, 0.4) is 0 Å². The highest BCUT2D eigenvalue weighted by atomic mass is 35.5. The van der Waals surface area contributed by atoms with Crippen LogP contribution in [0.25, 0.3) is 0 Å². The van der Waals surface area contributed by atoms with Crippen LogP contribution in [0.5, 0.6) is 17.2 Å². The summed E-state index contributed by atoms with van der Waals surface area (Å²) in [6, 6.07) is 15.3. The Balaban J connectivity index is 1.20. The molecule has 1 amide bonds. The molecule has 0 spiro atoms. The van der Waals surface area contributed by atoms with Crippen LogP contribution in [-0.4, -0.2) is 68.0 Å². The number of carbonyl (C=O) groups is 2. The van der Waals surface area contributed by atoms with Crippen LogP contribution in [0, 0.1) is 24.7 Å². The third-order valence-corrected chi connectivity index (χ3v) is 10.1. The number of carbonyl (C=O) groups excluding carboxylic acids is 1. The maximum absolute atomic E-state index is 14.0. The number of carboxylic acid groups (broad SMARTS) is 1. The first kappa shape index (κ1) is 38.0. The molecule has 0 aromatic heterocycles. The summed E-state index contributed by atoms with van der Waals surface area (Å²) in [5.41, 5.74) is 9.96. The number of amides is 1. The normalized spacial score (nSPS) is 17.2. The molecule has 3 N–H and O–H groups in total. The average molecular weight is 748 g/mol. The lowest BCUT2D eigenvalue weighted by molar-refractivity contribution is -0.139. The second-order valence-corrected chi connectivity index (χ2v) is 14.3. The van der Waals surface area contributed by atoms with Gasteiger partial charge in [-0.05, 0) is 98.0 Å².